The maximum absolute atomic E-state index is 13.5. The van der Waals surface area contributed by atoms with Crippen molar-refractivity contribution in [1.82, 2.24) is 16.0 Å². The molecule has 0 aromatic rings. The van der Waals surface area contributed by atoms with E-state index >= 15 is 0 Å². The van der Waals surface area contributed by atoms with Gasteiger partial charge in [-0.05, 0) is 145 Å². The zero-order valence-electron chi connectivity index (χ0n) is 60.3. The predicted octanol–water partition coefficient (Wildman–Crippen LogP) is 11.2. The van der Waals surface area contributed by atoms with Gasteiger partial charge in [0.25, 0.3) is 0 Å². The lowest BCUT2D eigenvalue weighted by Gasteiger charge is -2.47. The van der Waals surface area contributed by atoms with Crippen LogP contribution in [0.1, 0.15) is 133 Å². The highest BCUT2D eigenvalue weighted by molar-refractivity contribution is 6.84. The monoisotopic (exact) mass is 1410 g/mol. The van der Waals surface area contributed by atoms with E-state index in [2.05, 4.69) is 116 Å². The van der Waals surface area contributed by atoms with Crippen molar-refractivity contribution in [2.24, 2.45) is 33.0 Å². The maximum Gasteiger partial charge on any atom is 0.407 e. The third-order valence-electron chi connectivity index (χ3n) is 16.5. The van der Waals surface area contributed by atoms with Crippen molar-refractivity contribution in [2.45, 2.75) is 195 Å². The van der Waals surface area contributed by atoms with Crippen LogP contribution in [0.3, 0.4) is 0 Å². The van der Waals surface area contributed by atoms with Gasteiger partial charge in [-0.2, -0.15) is 0 Å². The van der Waals surface area contributed by atoms with E-state index in [1.807, 2.05) is 13.8 Å². The van der Waals surface area contributed by atoms with Gasteiger partial charge < -0.3 is 76.9 Å². The first-order valence-electron chi connectivity index (χ1n) is 33.3. The summed E-state index contributed by atoms with van der Waals surface area (Å²) in [7, 11) is -4.14. The average molecular weight is 1410 g/mol. The van der Waals surface area contributed by atoms with Crippen LogP contribution < -0.4 is 16.0 Å². The standard InChI is InChI=1S/C70H115N3O22Si2/c1-20-51(7)85-43-69(44-86-56(74)21-2,45-87-57(75)22-3)49-91-63(81)72-55-36-66(12,13)41-67(14,37-55)29-28-61(79)93-52(8)39-83-30-26-32-96(16,17)95-97(18,19)33-27-31-84-40-53(9)94-62(80)71-38-54-34-65(10,11)42-68(15,35-54)73-64(82)92-50-70(46-88-58(76)23-4,47-89-59(77)24-5)48-90-60(78)25-6/h20-21,23-25,52-55H,1-2,4-7,22,26-50H2,3,8-19H3,(H,71,80)(H,72,81)(H,73,82). The highest BCUT2D eigenvalue weighted by atomic mass is 28.4. The Kier molecular flexibility index (Phi) is 36.4. The maximum atomic E-state index is 13.5. The second-order valence-electron chi connectivity index (χ2n) is 29.5. The van der Waals surface area contributed by atoms with Crippen molar-refractivity contribution < 1.29 is 104 Å². The molecule has 0 saturated heterocycles. The lowest BCUT2D eigenvalue weighted by molar-refractivity contribution is -0.160. The summed E-state index contributed by atoms with van der Waals surface area (Å²) in [5, 5.41) is 8.86. The highest BCUT2D eigenvalue weighted by Crippen LogP contribution is 2.49. The summed E-state index contributed by atoms with van der Waals surface area (Å²) in [5.41, 5.74) is -4.32. The van der Waals surface area contributed by atoms with Crippen LogP contribution in [0.2, 0.25) is 38.3 Å². The van der Waals surface area contributed by atoms with Gasteiger partial charge >= 0.3 is 54.1 Å². The lowest BCUT2D eigenvalue weighted by Crippen LogP contribution is -2.55. The molecular formula is C70H115N3O22Si2. The second-order valence-corrected chi connectivity index (χ2v) is 38.3. The fourth-order valence-corrected chi connectivity index (χ4v) is 21.6. The largest absolute Gasteiger partial charge is 0.493 e. The Morgan fingerprint density at radius 1 is 0.536 bits per heavy atom. The van der Waals surface area contributed by atoms with Gasteiger partial charge in [0.1, 0.15) is 81.7 Å². The zero-order valence-corrected chi connectivity index (χ0v) is 62.3. The number of amides is 3. The number of carbonyl (C=O) groups excluding carboxylic acids is 9. The molecule has 3 N–H and O–H groups in total. The summed E-state index contributed by atoms with van der Waals surface area (Å²) in [4.78, 5) is 114. The molecule has 0 aromatic heterocycles. The Hall–Kier alpha value is -6.82. The van der Waals surface area contributed by atoms with Gasteiger partial charge in [0.15, 0.2) is 16.6 Å². The topological polar surface area (TPSA) is 310 Å². The highest BCUT2D eigenvalue weighted by Gasteiger charge is 2.46. The summed E-state index contributed by atoms with van der Waals surface area (Å²) in [6, 6.07) is 1.48. The van der Waals surface area contributed by atoms with Crippen molar-refractivity contribution in [2.75, 3.05) is 85.8 Å². The van der Waals surface area contributed by atoms with Crippen molar-refractivity contribution in [3.05, 3.63) is 75.6 Å². The number of hydrogen-bond donors (Lipinski definition) is 3. The van der Waals surface area contributed by atoms with E-state index < -0.39 is 120 Å². The van der Waals surface area contributed by atoms with Gasteiger partial charge in [-0.25, -0.2) is 33.6 Å². The first kappa shape index (κ1) is 86.3. The molecule has 2 rings (SSSR count). The minimum atomic E-state index is -2.07. The molecule has 0 radical (unpaired) electrons. The molecule has 25 nitrogen and oxygen atoms in total. The van der Waals surface area contributed by atoms with Crippen molar-refractivity contribution in [3.63, 3.8) is 0 Å². The van der Waals surface area contributed by atoms with Gasteiger partial charge in [-0.15, -0.1) is 0 Å². The molecule has 0 spiro atoms. The van der Waals surface area contributed by atoms with Crippen LogP contribution in [0.15, 0.2) is 75.6 Å². The van der Waals surface area contributed by atoms with E-state index in [1.165, 1.54) is 6.08 Å². The molecular weight excluding hydrogens is 1290 g/mol. The smallest absolute Gasteiger partial charge is 0.407 e. The molecule has 0 aliphatic heterocycles. The fourth-order valence-electron chi connectivity index (χ4n) is 12.8. The molecule has 3 amide bonds. The molecule has 7 atom stereocenters. The Morgan fingerprint density at radius 2 is 0.979 bits per heavy atom. The summed E-state index contributed by atoms with van der Waals surface area (Å²) in [5.74, 6) is -3.81. The van der Waals surface area contributed by atoms with Gasteiger partial charge in [0.05, 0.1) is 13.2 Å². The van der Waals surface area contributed by atoms with Crippen LogP contribution in [0.4, 0.5) is 14.4 Å². The number of allylic oxidation sites excluding steroid dienone is 1. The quantitative estimate of drug-likeness (QED) is 0.00970. The van der Waals surface area contributed by atoms with Crippen LogP contribution in [0, 0.1) is 33.0 Å². The zero-order chi connectivity index (χ0) is 73.3. The van der Waals surface area contributed by atoms with Gasteiger partial charge in [-0.3, -0.25) is 9.59 Å². The number of rotatable bonds is 46. The Balaban J connectivity index is 1.79. The van der Waals surface area contributed by atoms with Crippen LogP contribution in [0.25, 0.3) is 0 Å². The summed E-state index contributed by atoms with van der Waals surface area (Å²) in [6.45, 7) is 46.1. The number of carbonyl (C=O) groups is 9. The van der Waals surface area contributed by atoms with Crippen molar-refractivity contribution >= 4 is 70.7 Å². The number of hydrogen-bond acceptors (Lipinski definition) is 22. The van der Waals surface area contributed by atoms with Gasteiger partial charge in [0, 0.05) is 68.5 Å². The average Bonchev–Trinajstić information content (AvgIpc) is 0.805. The number of esters is 6. The summed E-state index contributed by atoms with van der Waals surface area (Å²) < 4.78 is 73.8. The van der Waals surface area contributed by atoms with E-state index in [0.717, 1.165) is 62.1 Å². The molecule has 7 unspecified atom stereocenters. The van der Waals surface area contributed by atoms with Gasteiger partial charge in [0.2, 0.25) is 0 Å². The molecule has 97 heavy (non-hydrogen) atoms. The Bertz CT molecular complexity index is 2600. The number of ether oxygens (including phenoxy) is 12. The van der Waals surface area contributed by atoms with E-state index in [4.69, 9.17) is 61.0 Å². The van der Waals surface area contributed by atoms with E-state index in [0.29, 0.717) is 45.3 Å². The molecule has 0 heterocycles. The van der Waals surface area contributed by atoms with Crippen molar-refractivity contribution in [1.29, 1.82) is 0 Å². The predicted molar refractivity (Wildman–Crippen MR) is 369 cm³/mol. The SMILES string of the molecule is C=CC(=C)OCC(COC(=O)C=C)(COC(=O)CC)COC(=O)NC1CC(C)(C)CC(C)(CCC(=O)OC(C)COCCC[Si](C)(C)O[Si](C)(C)CCCOCC(C)OC(=O)NCC2CC(C)(C)CC(C)(NC(=O)OCC(COC(=O)C=C)(COC(=O)C=C)COC(=O)C=C)C2)C1. The third-order valence-corrected chi connectivity index (χ3v) is 24.0. The van der Waals surface area contributed by atoms with E-state index in [1.54, 1.807) is 13.8 Å². The van der Waals surface area contributed by atoms with Gasteiger partial charge in [-0.1, -0.05) is 81.0 Å². The summed E-state index contributed by atoms with van der Waals surface area (Å²) >= 11 is 0. The minimum Gasteiger partial charge on any atom is -0.493 e. The first-order valence-corrected chi connectivity index (χ1v) is 39.6. The van der Waals surface area contributed by atoms with E-state index in [-0.39, 0.29) is 99.0 Å². The Morgan fingerprint density at radius 3 is 1.45 bits per heavy atom. The van der Waals surface area contributed by atoms with Crippen LogP contribution >= 0.6 is 0 Å². The first-order chi connectivity index (χ1) is 45.2. The molecule has 2 aliphatic carbocycles. The van der Waals surface area contributed by atoms with Crippen LogP contribution in [-0.2, 0) is 89.7 Å². The molecule has 550 valence electrons. The molecule has 2 aliphatic rings. The fraction of sp³-hybridized carbons (Fsp3) is 0.700. The molecule has 2 saturated carbocycles. The number of alkyl carbamates (subject to hydrolysis) is 3. The Labute approximate surface area is 577 Å². The normalized spacial score (nSPS) is 20.1. The molecule has 27 heteroatoms. The van der Waals surface area contributed by atoms with Crippen molar-refractivity contribution in [3.8, 4) is 0 Å². The molecule has 2 fully saturated rings. The summed E-state index contributed by atoms with van der Waals surface area (Å²) in [6.07, 6.45) is 8.32. The third kappa shape index (κ3) is 36.0. The molecule has 0 aromatic carbocycles. The van der Waals surface area contributed by atoms with E-state index in [9.17, 15) is 43.2 Å². The molecule has 0 bridgehead atoms. The van der Waals surface area contributed by atoms with Crippen LogP contribution in [0.5, 0.6) is 0 Å². The lowest BCUT2D eigenvalue weighted by atomic mass is 9.61. The van der Waals surface area contributed by atoms with Crippen LogP contribution in [-0.4, -0.2) is 180 Å². The number of nitrogens with one attached hydrogen (secondary N) is 3. The minimum absolute atomic E-state index is 0.0566. The second kappa shape index (κ2) is 40.9.